The quantitative estimate of drug-likeness (QED) is 0.915. The predicted molar refractivity (Wildman–Crippen MR) is 92.3 cm³/mol. The third-order valence-corrected chi connectivity index (χ3v) is 5.98. The highest BCUT2D eigenvalue weighted by atomic mass is 32.2. The van der Waals surface area contributed by atoms with Crippen LogP contribution in [0.15, 0.2) is 48.5 Å². The molecule has 1 saturated heterocycles. The molecule has 1 heterocycles. The van der Waals surface area contributed by atoms with Crippen molar-refractivity contribution in [3.05, 3.63) is 54.1 Å². The maximum absolute atomic E-state index is 11.5. The lowest BCUT2D eigenvalue weighted by Gasteiger charge is -2.14. The molecular weight excluding hydrogens is 310 g/mol. The fourth-order valence-corrected chi connectivity index (χ4v) is 4.62. The highest BCUT2D eigenvalue weighted by Crippen LogP contribution is 2.27. The number of nitrogens with one attached hydrogen (secondary N) is 1. The molecular formula is C18H21NO3S. The Morgan fingerprint density at radius 3 is 2.57 bits per heavy atom. The fraction of sp³-hybridized carbons (Fsp3) is 0.333. The summed E-state index contributed by atoms with van der Waals surface area (Å²) in [7, 11) is -1.19. The molecule has 5 heteroatoms. The van der Waals surface area contributed by atoms with Crippen LogP contribution in [0.1, 0.15) is 12.0 Å². The van der Waals surface area contributed by atoms with Crippen LogP contribution >= 0.6 is 0 Å². The number of rotatable bonds is 5. The zero-order valence-electron chi connectivity index (χ0n) is 13.2. The van der Waals surface area contributed by atoms with Crippen LogP contribution in [0.3, 0.4) is 0 Å². The first-order valence-corrected chi connectivity index (χ1v) is 9.56. The van der Waals surface area contributed by atoms with E-state index in [1.54, 1.807) is 7.11 Å². The van der Waals surface area contributed by atoms with E-state index < -0.39 is 9.84 Å². The largest absolute Gasteiger partial charge is 0.496 e. The van der Waals surface area contributed by atoms with Crippen molar-refractivity contribution < 1.29 is 13.2 Å². The average molecular weight is 331 g/mol. The molecule has 1 aliphatic rings. The highest BCUT2D eigenvalue weighted by molar-refractivity contribution is 7.91. The van der Waals surface area contributed by atoms with E-state index in [1.807, 2.05) is 30.3 Å². The Balaban J connectivity index is 1.73. The minimum atomic E-state index is -2.85. The van der Waals surface area contributed by atoms with Gasteiger partial charge in [0.1, 0.15) is 5.75 Å². The van der Waals surface area contributed by atoms with Gasteiger partial charge in [0.05, 0.1) is 18.6 Å². The number of sulfone groups is 1. The minimum Gasteiger partial charge on any atom is -0.496 e. The van der Waals surface area contributed by atoms with Crippen LogP contribution < -0.4 is 10.1 Å². The second-order valence-corrected chi connectivity index (χ2v) is 8.10. The minimum absolute atomic E-state index is 0.0403. The summed E-state index contributed by atoms with van der Waals surface area (Å²) >= 11 is 0. The van der Waals surface area contributed by atoms with Gasteiger partial charge >= 0.3 is 0 Å². The van der Waals surface area contributed by atoms with Crippen molar-refractivity contribution in [1.29, 1.82) is 0 Å². The highest BCUT2D eigenvalue weighted by Gasteiger charge is 2.27. The molecule has 1 aliphatic heterocycles. The van der Waals surface area contributed by atoms with Gasteiger partial charge < -0.3 is 10.1 Å². The lowest BCUT2D eigenvalue weighted by atomic mass is 10.0. The summed E-state index contributed by atoms with van der Waals surface area (Å²) in [6, 6.07) is 16.3. The Bertz CT molecular complexity index is 772. The van der Waals surface area contributed by atoms with E-state index in [0.717, 1.165) is 22.4 Å². The third-order valence-electron chi connectivity index (χ3n) is 4.21. The normalized spacial score (nSPS) is 19.6. The summed E-state index contributed by atoms with van der Waals surface area (Å²) < 4.78 is 28.5. The Hall–Kier alpha value is -1.85. The lowest BCUT2D eigenvalue weighted by molar-refractivity contribution is 0.406. The number of ether oxygens (including phenoxy) is 1. The molecule has 122 valence electrons. The molecule has 23 heavy (non-hydrogen) atoms. The summed E-state index contributed by atoms with van der Waals surface area (Å²) in [6.07, 6.45) is 0.687. The van der Waals surface area contributed by atoms with Gasteiger partial charge in [0.25, 0.3) is 0 Å². The molecule has 0 aliphatic carbocycles. The van der Waals surface area contributed by atoms with E-state index in [4.69, 9.17) is 4.74 Å². The van der Waals surface area contributed by atoms with Gasteiger partial charge in [-0.05, 0) is 23.6 Å². The molecule has 0 amide bonds. The van der Waals surface area contributed by atoms with Crippen LogP contribution in [0.25, 0.3) is 11.1 Å². The number of hydrogen-bond donors (Lipinski definition) is 1. The van der Waals surface area contributed by atoms with Gasteiger partial charge in [-0.15, -0.1) is 0 Å². The molecule has 0 saturated carbocycles. The van der Waals surface area contributed by atoms with E-state index in [0.29, 0.717) is 13.0 Å². The zero-order valence-corrected chi connectivity index (χ0v) is 14.0. The van der Waals surface area contributed by atoms with Crippen molar-refractivity contribution >= 4 is 9.84 Å². The van der Waals surface area contributed by atoms with Crippen molar-refractivity contribution in [3.8, 4) is 16.9 Å². The predicted octanol–water partition coefficient (Wildman–Crippen LogP) is 2.64. The fourth-order valence-electron chi connectivity index (χ4n) is 2.91. The lowest BCUT2D eigenvalue weighted by Crippen LogP contribution is -2.29. The molecule has 0 unspecified atom stereocenters. The van der Waals surface area contributed by atoms with E-state index in [-0.39, 0.29) is 17.5 Å². The third kappa shape index (κ3) is 3.92. The van der Waals surface area contributed by atoms with E-state index in [9.17, 15) is 8.42 Å². The van der Waals surface area contributed by atoms with Crippen molar-refractivity contribution in [3.63, 3.8) is 0 Å². The maximum Gasteiger partial charge on any atom is 0.151 e. The smallest absolute Gasteiger partial charge is 0.151 e. The van der Waals surface area contributed by atoms with E-state index in [1.165, 1.54) is 0 Å². The SMILES string of the molecule is COc1cc(-c2ccccc2)ccc1CN[C@H]1CCS(=O)(=O)C1. The van der Waals surface area contributed by atoms with Gasteiger partial charge in [0.15, 0.2) is 9.84 Å². The van der Waals surface area contributed by atoms with Crippen molar-refractivity contribution in [2.45, 2.75) is 19.0 Å². The van der Waals surface area contributed by atoms with Crippen LogP contribution in [-0.4, -0.2) is 33.1 Å². The summed E-state index contributed by atoms with van der Waals surface area (Å²) in [5, 5.41) is 3.33. The zero-order chi connectivity index (χ0) is 16.3. The van der Waals surface area contributed by atoms with Crippen molar-refractivity contribution in [2.75, 3.05) is 18.6 Å². The molecule has 1 N–H and O–H groups in total. The van der Waals surface area contributed by atoms with Crippen LogP contribution in [0, 0.1) is 0 Å². The summed E-state index contributed by atoms with van der Waals surface area (Å²) in [5.41, 5.74) is 3.29. The van der Waals surface area contributed by atoms with Gasteiger partial charge in [-0.3, -0.25) is 0 Å². The van der Waals surface area contributed by atoms with E-state index in [2.05, 4.69) is 23.5 Å². The van der Waals surface area contributed by atoms with Crippen LogP contribution in [0.2, 0.25) is 0 Å². The summed E-state index contributed by atoms with van der Waals surface area (Å²) in [5.74, 6) is 1.34. The Labute approximate surface area is 137 Å². The molecule has 1 fully saturated rings. The van der Waals surface area contributed by atoms with Crippen LogP contribution in [0.4, 0.5) is 0 Å². The van der Waals surface area contributed by atoms with Gasteiger partial charge in [-0.2, -0.15) is 0 Å². The second-order valence-electron chi connectivity index (χ2n) is 5.87. The summed E-state index contributed by atoms with van der Waals surface area (Å²) in [4.78, 5) is 0. The summed E-state index contributed by atoms with van der Waals surface area (Å²) in [6.45, 7) is 0.610. The number of benzene rings is 2. The maximum atomic E-state index is 11.5. The first kappa shape index (κ1) is 16.0. The molecule has 0 aromatic heterocycles. The molecule has 1 atom stereocenters. The first-order chi connectivity index (χ1) is 11.1. The van der Waals surface area contributed by atoms with Crippen LogP contribution in [-0.2, 0) is 16.4 Å². The Morgan fingerprint density at radius 2 is 1.91 bits per heavy atom. The number of hydrogen-bond acceptors (Lipinski definition) is 4. The van der Waals surface area contributed by atoms with Crippen LogP contribution in [0.5, 0.6) is 5.75 Å². The van der Waals surface area contributed by atoms with Gasteiger partial charge in [-0.1, -0.05) is 42.5 Å². The van der Waals surface area contributed by atoms with Gasteiger partial charge in [-0.25, -0.2) is 8.42 Å². The Kier molecular flexibility index (Phi) is 4.68. The molecule has 4 nitrogen and oxygen atoms in total. The molecule has 3 rings (SSSR count). The standard InChI is InChI=1S/C18H21NO3S/c1-22-18-11-15(14-5-3-2-4-6-14)7-8-16(18)12-19-17-9-10-23(20,21)13-17/h2-8,11,17,19H,9-10,12-13H2,1H3/t17-/m0/s1. The first-order valence-electron chi connectivity index (χ1n) is 7.73. The van der Waals surface area contributed by atoms with Crippen molar-refractivity contribution in [1.82, 2.24) is 5.32 Å². The topological polar surface area (TPSA) is 55.4 Å². The molecule has 2 aromatic rings. The molecule has 0 bridgehead atoms. The number of methoxy groups -OCH3 is 1. The molecule has 2 aromatic carbocycles. The average Bonchev–Trinajstić information content (AvgIpc) is 2.92. The second kappa shape index (κ2) is 6.72. The van der Waals surface area contributed by atoms with Gasteiger partial charge in [0.2, 0.25) is 0 Å². The van der Waals surface area contributed by atoms with Crippen molar-refractivity contribution in [2.24, 2.45) is 0 Å². The van der Waals surface area contributed by atoms with Gasteiger partial charge in [0, 0.05) is 18.2 Å². The molecule has 0 spiro atoms. The Morgan fingerprint density at radius 1 is 1.13 bits per heavy atom. The monoisotopic (exact) mass is 331 g/mol. The van der Waals surface area contributed by atoms with E-state index >= 15 is 0 Å². The molecule has 0 radical (unpaired) electrons.